The van der Waals surface area contributed by atoms with Crippen molar-refractivity contribution >= 4 is 0 Å². The number of aliphatic hydroxyl groups excluding tert-OH is 1. The van der Waals surface area contributed by atoms with E-state index in [4.69, 9.17) is 0 Å². The molecule has 0 aliphatic heterocycles. The lowest BCUT2D eigenvalue weighted by atomic mass is 10.1. The monoisotopic (exact) mass is 169 g/mol. The van der Waals surface area contributed by atoms with Crippen molar-refractivity contribution in [3.05, 3.63) is 29.8 Å². The molecule has 0 aromatic carbocycles. The Labute approximate surface area is 71.1 Å². The first-order chi connectivity index (χ1) is 5.72. The lowest BCUT2D eigenvalue weighted by Gasteiger charge is -2.05. The van der Waals surface area contributed by atoms with Crippen molar-refractivity contribution in [3.8, 4) is 0 Å². The number of rotatable bonds is 3. The number of halogens is 1. The van der Waals surface area contributed by atoms with Crippen LogP contribution in [0.15, 0.2) is 18.3 Å². The highest BCUT2D eigenvalue weighted by molar-refractivity contribution is 5.06. The lowest BCUT2D eigenvalue weighted by Crippen LogP contribution is -2.09. The number of hydrogen-bond acceptors (Lipinski definition) is 2. The maximum absolute atomic E-state index is 12.4. The quantitative estimate of drug-likeness (QED) is 0.744. The largest absolute Gasteiger partial charge is 0.393 e. The number of aliphatic hydroxyl groups is 1. The molecule has 1 atom stereocenters. The number of pyridine rings is 1. The van der Waals surface area contributed by atoms with Crippen LogP contribution in [0.25, 0.3) is 0 Å². The van der Waals surface area contributed by atoms with Crippen LogP contribution in [-0.2, 0) is 6.42 Å². The molecule has 3 heteroatoms. The Morgan fingerprint density at radius 3 is 2.83 bits per heavy atom. The van der Waals surface area contributed by atoms with Gasteiger partial charge in [0.2, 0.25) is 0 Å². The molecule has 12 heavy (non-hydrogen) atoms. The van der Waals surface area contributed by atoms with Crippen molar-refractivity contribution in [3.63, 3.8) is 0 Å². The SMILES string of the molecule is CCC(O)Cc1ccc(F)cn1. The summed E-state index contributed by atoms with van der Waals surface area (Å²) in [7, 11) is 0. The molecule has 1 unspecified atom stereocenters. The Morgan fingerprint density at radius 1 is 1.58 bits per heavy atom. The molecule has 0 aliphatic carbocycles. The molecule has 1 rings (SSSR count). The summed E-state index contributed by atoms with van der Waals surface area (Å²) in [4.78, 5) is 3.83. The van der Waals surface area contributed by atoms with Crippen molar-refractivity contribution in [2.45, 2.75) is 25.9 Å². The maximum atomic E-state index is 12.4. The van der Waals surface area contributed by atoms with Gasteiger partial charge in [0, 0.05) is 12.1 Å². The minimum absolute atomic E-state index is 0.343. The van der Waals surface area contributed by atoms with Crippen LogP contribution in [0.2, 0.25) is 0 Å². The van der Waals surface area contributed by atoms with Gasteiger partial charge >= 0.3 is 0 Å². The van der Waals surface area contributed by atoms with Gasteiger partial charge in [-0.15, -0.1) is 0 Å². The molecule has 0 spiro atoms. The Kier molecular flexibility index (Phi) is 3.17. The van der Waals surface area contributed by atoms with Crippen LogP contribution in [0.5, 0.6) is 0 Å². The molecule has 1 heterocycles. The van der Waals surface area contributed by atoms with Crippen LogP contribution in [0.3, 0.4) is 0 Å². The van der Waals surface area contributed by atoms with Crippen LogP contribution in [0, 0.1) is 5.82 Å². The van der Waals surface area contributed by atoms with Gasteiger partial charge in [-0.2, -0.15) is 0 Å². The molecule has 1 N–H and O–H groups in total. The van der Waals surface area contributed by atoms with Crippen LogP contribution in [0.1, 0.15) is 19.0 Å². The van der Waals surface area contributed by atoms with E-state index in [0.717, 1.165) is 11.9 Å². The Morgan fingerprint density at radius 2 is 2.33 bits per heavy atom. The van der Waals surface area contributed by atoms with E-state index in [2.05, 4.69) is 4.98 Å². The summed E-state index contributed by atoms with van der Waals surface area (Å²) in [6.07, 6.45) is 1.98. The highest BCUT2D eigenvalue weighted by Gasteiger charge is 2.03. The zero-order chi connectivity index (χ0) is 8.97. The standard InChI is InChI=1S/C9H12FNO/c1-2-9(12)5-8-4-3-7(10)6-11-8/h3-4,6,9,12H,2,5H2,1H3. The third-order valence-corrected chi connectivity index (χ3v) is 1.70. The summed E-state index contributed by atoms with van der Waals surface area (Å²) in [5.41, 5.74) is 0.728. The Balaban J connectivity index is 2.58. The highest BCUT2D eigenvalue weighted by atomic mass is 19.1. The average Bonchev–Trinajstić information content (AvgIpc) is 2.09. The zero-order valence-corrected chi connectivity index (χ0v) is 7.00. The fourth-order valence-electron chi connectivity index (χ4n) is 0.913. The molecule has 0 radical (unpaired) electrons. The van der Waals surface area contributed by atoms with Crippen molar-refractivity contribution in [1.82, 2.24) is 4.98 Å². The fraction of sp³-hybridized carbons (Fsp3) is 0.444. The van der Waals surface area contributed by atoms with Crippen molar-refractivity contribution in [2.24, 2.45) is 0 Å². The number of hydrogen-bond donors (Lipinski definition) is 1. The van der Waals surface area contributed by atoms with E-state index in [1.165, 1.54) is 6.07 Å². The molecule has 0 amide bonds. The van der Waals surface area contributed by atoms with Gasteiger partial charge in [-0.25, -0.2) is 4.39 Å². The average molecular weight is 169 g/mol. The van der Waals surface area contributed by atoms with Gasteiger partial charge in [0.15, 0.2) is 0 Å². The van der Waals surface area contributed by atoms with Crippen LogP contribution in [0.4, 0.5) is 4.39 Å². The van der Waals surface area contributed by atoms with Gasteiger partial charge in [-0.3, -0.25) is 4.98 Å². The number of nitrogens with zero attached hydrogens (tertiary/aromatic N) is 1. The van der Waals surface area contributed by atoms with Crippen LogP contribution < -0.4 is 0 Å². The summed E-state index contributed by atoms with van der Waals surface area (Å²) in [6.45, 7) is 1.90. The normalized spacial score (nSPS) is 12.9. The van der Waals surface area contributed by atoms with E-state index in [1.807, 2.05) is 6.92 Å². The smallest absolute Gasteiger partial charge is 0.141 e. The molecule has 0 bridgehead atoms. The van der Waals surface area contributed by atoms with Gasteiger partial charge in [-0.1, -0.05) is 6.92 Å². The third-order valence-electron chi connectivity index (χ3n) is 1.70. The first-order valence-electron chi connectivity index (χ1n) is 4.01. The first-order valence-corrected chi connectivity index (χ1v) is 4.01. The first kappa shape index (κ1) is 9.13. The molecule has 66 valence electrons. The van der Waals surface area contributed by atoms with E-state index in [9.17, 15) is 9.50 Å². The summed E-state index contributed by atoms with van der Waals surface area (Å²) < 4.78 is 12.4. The number of aromatic nitrogens is 1. The highest BCUT2D eigenvalue weighted by Crippen LogP contribution is 2.03. The maximum Gasteiger partial charge on any atom is 0.141 e. The predicted molar refractivity (Wildman–Crippen MR) is 44.2 cm³/mol. The molecule has 0 fully saturated rings. The van der Waals surface area contributed by atoms with Crippen molar-refractivity contribution in [2.75, 3.05) is 0 Å². The third kappa shape index (κ3) is 2.58. The van der Waals surface area contributed by atoms with E-state index in [1.54, 1.807) is 6.07 Å². The second-order valence-corrected chi connectivity index (χ2v) is 2.73. The second kappa shape index (κ2) is 4.16. The van der Waals surface area contributed by atoms with Crippen LogP contribution in [-0.4, -0.2) is 16.2 Å². The van der Waals surface area contributed by atoms with Gasteiger partial charge in [0.25, 0.3) is 0 Å². The molecular weight excluding hydrogens is 157 g/mol. The Bertz CT molecular complexity index is 235. The molecule has 0 aliphatic rings. The summed E-state index contributed by atoms with van der Waals surface area (Å²) in [6, 6.07) is 2.94. The summed E-state index contributed by atoms with van der Waals surface area (Å²) >= 11 is 0. The van der Waals surface area contributed by atoms with Gasteiger partial charge in [0.05, 0.1) is 12.3 Å². The van der Waals surface area contributed by atoms with E-state index >= 15 is 0 Å². The molecule has 0 saturated heterocycles. The Hall–Kier alpha value is -0.960. The van der Waals surface area contributed by atoms with Gasteiger partial charge in [0.1, 0.15) is 5.82 Å². The minimum Gasteiger partial charge on any atom is -0.393 e. The van der Waals surface area contributed by atoms with E-state index in [0.29, 0.717) is 12.8 Å². The molecule has 1 aromatic rings. The lowest BCUT2D eigenvalue weighted by molar-refractivity contribution is 0.169. The fourth-order valence-corrected chi connectivity index (χ4v) is 0.913. The van der Waals surface area contributed by atoms with E-state index in [-0.39, 0.29) is 11.9 Å². The van der Waals surface area contributed by atoms with Crippen molar-refractivity contribution in [1.29, 1.82) is 0 Å². The van der Waals surface area contributed by atoms with Gasteiger partial charge < -0.3 is 5.11 Å². The summed E-state index contributed by atoms with van der Waals surface area (Å²) in [5.74, 6) is -0.343. The van der Waals surface area contributed by atoms with Gasteiger partial charge in [-0.05, 0) is 18.6 Å². The second-order valence-electron chi connectivity index (χ2n) is 2.73. The van der Waals surface area contributed by atoms with E-state index < -0.39 is 0 Å². The zero-order valence-electron chi connectivity index (χ0n) is 7.00. The molecule has 1 aromatic heterocycles. The predicted octanol–water partition coefficient (Wildman–Crippen LogP) is 1.53. The van der Waals surface area contributed by atoms with Crippen LogP contribution >= 0.6 is 0 Å². The molecule has 2 nitrogen and oxygen atoms in total. The molecular formula is C9H12FNO. The summed E-state index contributed by atoms with van der Waals surface area (Å²) in [5, 5.41) is 9.25. The van der Waals surface area contributed by atoms with Crippen molar-refractivity contribution < 1.29 is 9.50 Å². The molecule has 0 saturated carbocycles. The topological polar surface area (TPSA) is 33.1 Å². The minimum atomic E-state index is -0.372.